The van der Waals surface area contributed by atoms with Crippen LogP contribution in [0.5, 0.6) is 0 Å². The zero-order chi connectivity index (χ0) is 24.2. The summed E-state index contributed by atoms with van der Waals surface area (Å²) in [5.41, 5.74) is 1.71. The van der Waals surface area contributed by atoms with Gasteiger partial charge in [-0.2, -0.15) is 0 Å². The van der Waals surface area contributed by atoms with Gasteiger partial charge in [0.1, 0.15) is 0 Å². The minimum atomic E-state index is 0.101. The van der Waals surface area contributed by atoms with Gasteiger partial charge in [0, 0.05) is 63.4 Å². The smallest absolute Gasteiger partial charge is 0.255 e. The Labute approximate surface area is 208 Å². The fourth-order valence-electron chi connectivity index (χ4n) is 6.76. The first-order valence-electron chi connectivity index (χ1n) is 13.2. The number of piperidine rings is 3. The molecule has 0 aromatic carbocycles. The highest BCUT2D eigenvalue weighted by molar-refractivity contribution is 5.94. The molecule has 2 amide bonds. The Morgan fingerprint density at radius 1 is 1.06 bits per heavy atom. The molecule has 4 atom stereocenters. The second kappa shape index (κ2) is 10.9. The molecule has 5 rings (SSSR count). The van der Waals surface area contributed by atoms with Crippen molar-refractivity contribution >= 4 is 11.8 Å². The van der Waals surface area contributed by atoms with E-state index < -0.39 is 0 Å². The summed E-state index contributed by atoms with van der Waals surface area (Å²) in [5.74, 6) is 1.30. The summed E-state index contributed by atoms with van der Waals surface area (Å²) >= 11 is 0. The molecule has 7 nitrogen and oxygen atoms in total. The Kier molecular flexibility index (Phi) is 7.42. The highest BCUT2D eigenvalue weighted by Crippen LogP contribution is 2.43. The van der Waals surface area contributed by atoms with Crippen LogP contribution in [0.3, 0.4) is 0 Å². The van der Waals surface area contributed by atoms with Crippen molar-refractivity contribution in [2.24, 2.45) is 11.8 Å². The molecular formula is C28H37N5O2. The number of nitrogens with zero attached hydrogens (tertiary/aromatic N) is 5. The Hall–Kier alpha value is -2.80. The van der Waals surface area contributed by atoms with Gasteiger partial charge in [0.2, 0.25) is 5.91 Å². The van der Waals surface area contributed by atoms with Crippen LogP contribution in [0.25, 0.3) is 0 Å². The quantitative estimate of drug-likeness (QED) is 0.612. The van der Waals surface area contributed by atoms with Crippen molar-refractivity contribution in [1.82, 2.24) is 24.7 Å². The molecule has 0 spiro atoms. The lowest BCUT2D eigenvalue weighted by atomic mass is 9.69. The van der Waals surface area contributed by atoms with Crippen molar-refractivity contribution in [3.8, 4) is 0 Å². The third-order valence-electron chi connectivity index (χ3n) is 8.30. The highest BCUT2D eigenvalue weighted by Gasteiger charge is 2.49. The van der Waals surface area contributed by atoms with Gasteiger partial charge in [0.25, 0.3) is 5.91 Å². The summed E-state index contributed by atoms with van der Waals surface area (Å²) in [7, 11) is 1.86. The molecule has 186 valence electrons. The first-order valence-corrected chi connectivity index (χ1v) is 13.2. The molecule has 0 bridgehead atoms. The Morgan fingerprint density at radius 3 is 2.57 bits per heavy atom. The van der Waals surface area contributed by atoms with Gasteiger partial charge in [0.15, 0.2) is 0 Å². The number of carbonyl (C=O) groups excluding carboxylic acids is 2. The second-order valence-corrected chi connectivity index (χ2v) is 10.5. The van der Waals surface area contributed by atoms with E-state index in [9.17, 15) is 9.59 Å². The average Bonchev–Trinajstić information content (AvgIpc) is 2.90. The van der Waals surface area contributed by atoms with Crippen LogP contribution in [-0.2, 0) is 11.3 Å². The van der Waals surface area contributed by atoms with Crippen LogP contribution in [0, 0.1) is 11.8 Å². The van der Waals surface area contributed by atoms with E-state index in [-0.39, 0.29) is 17.9 Å². The van der Waals surface area contributed by atoms with E-state index in [0.717, 1.165) is 24.9 Å². The van der Waals surface area contributed by atoms with Crippen LogP contribution < -0.4 is 0 Å². The number of likely N-dealkylation sites (tertiary alicyclic amines) is 1. The molecule has 2 aromatic heterocycles. The van der Waals surface area contributed by atoms with Crippen molar-refractivity contribution in [1.29, 1.82) is 0 Å². The molecule has 0 saturated carbocycles. The summed E-state index contributed by atoms with van der Waals surface area (Å²) in [6, 6.07) is 8.39. The van der Waals surface area contributed by atoms with E-state index >= 15 is 0 Å². The number of hydrogen-bond donors (Lipinski definition) is 0. The minimum Gasteiger partial charge on any atom is -0.341 e. The van der Waals surface area contributed by atoms with E-state index in [1.54, 1.807) is 23.5 Å². The van der Waals surface area contributed by atoms with Crippen molar-refractivity contribution in [3.63, 3.8) is 0 Å². The molecule has 3 saturated heterocycles. The van der Waals surface area contributed by atoms with E-state index in [2.05, 4.69) is 19.8 Å². The highest BCUT2D eigenvalue weighted by atomic mass is 16.2. The first-order chi connectivity index (χ1) is 17.1. The van der Waals surface area contributed by atoms with Crippen LogP contribution in [-0.4, -0.2) is 75.2 Å². The molecule has 3 aliphatic heterocycles. The molecule has 35 heavy (non-hydrogen) atoms. The Morgan fingerprint density at radius 2 is 1.83 bits per heavy atom. The average molecular weight is 476 g/mol. The molecule has 5 heterocycles. The van der Waals surface area contributed by atoms with Gasteiger partial charge in [-0.15, -0.1) is 0 Å². The third-order valence-corrected chi connectivity index (χ3v) is 8.30. The monoisotopic (exact) mass is 475 g/mol. The molecule has 0 N–H and O–H groups in total. The lowest BCUT2D eigenvalue weighted by Crippen LogP contribution is -2.65. The summed E-state index contributed by atoms with van der Waals surface area (Å²) in [5, 5.41) is 0. The summed E-state index contributed by atoms with van der Waals surface area (Å²) in [6.07, 6.45) is 14.0. The second-order valence-electron chi connectivity index (χ2n) is 10.5. The maximum atomic E-state index is 13.6. The van der Waals surface area contributed by atoms with Crippen molar-refractivity contribution in [2.45, 2.75) is 63.6 Å². The van der Waals surface area contributed by atoms with Gasteiger partial charge < -0.3 is 9.80 Å². The standard InChI is InChI=1S/C28H37N5O2/c1-31(19-21-7-3-13-29-17-21)26(34)12-2-11-25-24-10-6-16-32-15-5-9-23(27(24)32)20-33(25)28(35)22-8-4-14-30-18-22/h3-4,7-8,13-14,17-18,23-25,27H,2,5-6,9-12,15-16,19-20H2,1H3/t23-,24+,25+,27-/m0/s1. The number of carbonyl (C=O) groups is 2. The van der Waals surface area contributed by atoms with E-state index in [1.165, 1.54) is 38.8 Å². The third kappa shape index (κ3) is 5.25. The van der Waals surface area contributed by atoms with Crippen LogP contribution in [0.15, 0.2) is 49.1 Å². The van der Waals surface area contributed by atoms with Crippen LogP contribution in [0.4, 0.5) is 0 Å². The van der Waals surface area contributed by atoms with Gasteiger partial charge in [-0.05, 0) is 87.2 Å². The first kappa shape index (κ1) is 23.9. The predicted molar refractivity (Wildman–Crippen MR) is 134 cm³/mol. The van der Waals surface area contributed by atoms with E-state index in [0.29, 0.717) is 36.4 Å². The minimum absolute atomic E-state index is 0.101. The zero-order valence-electron chi connectivity index (χ0n) is 20.8. The van der Waals surface area contributed by atoms with Crippen LogP contribution in [0.1, 0.15) is 60.9 Å². The Bertz CT molecular complexity index is 999. The van der Waals surface area contributed by atoms with E-state index in [1.807, 2.05) is 37.5 Å². The molecule has 3 fully saturated rings. The topological polar surface area (TPSA) is 69.6 Å². The van der Waals surface area contributed by atoms with Crippen LogP contribution >= 0.6 is 0 Å². The molecule has 3 aliphatic rings. The fourth-order valence-corrected chi connectivity index (χ4v) is 6.76. The Balaban J connectivity index is 1.28. The lowest BCUT2D eigenvalue weighted by Gasteiger charge is -2.57. The van der Waals surface area contributed by atoms with Gasteiger partial charge in [-0.3, -0.25) is 24.5 Å². The summed E-state index contributed by atoms with van der Waals surface area (Å²) in [4.78, 5) is 41.5. The van der Waals surface area contributed by atoms with Gasteiger partial charge in [-0.1, -0.05) is 6.07 Å². The maximum Gasteiger partial charge on any atom is 0.255 e. The van der Waals surface area contributed by atoms with Gasteiger partial charge in [-0.25, -0.2) is 0 Å². The van der Waals surface area contributed by atoms with Crippen LogP contribution in [0.2, 0.25) is 0 Å². The van der Waals surface area contributed by atoms with Gasteiger partial charge >= 0.3 is 0 Å². The molecule has 7 heteroatoms. The van der Waals surface area contributed by atoms with Gasteiger partial charge in [0.05, 0.1) is 5.56 Å². The molecule has 0 unspecified atom stereocenters. The zero-order valence-corrected chi connectivity index (χ0v) is 20.8. The predicted octanol–water partition coefficient (Wildman–Crippen LogP) is 3.62. The van der Waals surface area contributed by atoms with E-state index in [4.69, 9.17) is 0 Å². The number of aromatic nitrogens is 2. The molecule has 0 aliphatic carbocycles. The van der Waals surface area contributed by atoms with Crippen molar-refractivity contribution in [3.05, 3.63) is 60.2 Å². The summed E-state index contributed by atoms with van der Waals surface area (Å²) in [6.45, 7) is 3.78. The fraction of sp³-hybridized carbons (Fsp3) is 0.571. The number of hydrogen-bond acceptors (Lipinski definition) is 5. The normalized spacial score (nSPS) is 26.1. The largest absolute Gasteiger partial charge is 0.341 e. The van der Waals surface area contributed by atoms with Crippen molar-refractivity contribution in [2.75, 3.05) is 26.7 Å². The molecular weight excluding hydrogens is 438 g/mol. The summed E-state index contributed by atoms with van der Waals surface area (Å²) < 4.78 is 0. The number of rotatable bonds is 7. The number of amides is 2. The lowest BCUT2D eigenvalue weighted by molar-refractivity contribution is -0.130. The number of pyridine rings is 2. The molecule has 0 radical (unpaired) electrons. The maximum absolute atomic E-state index is 13.6. The van der Waals surface area contributed by atoms with Crippen molar-refractivity contribution < 1.29 is 9.59 Å². The SMILES string of the molecule is CN(Cc1cccnc1)C(=O)CCC[C@@H]1[C@H]2CCCN3CCC[C@@H](CN1C(=O)c1cccnc1)[C@@H]23. The molecule has 2 aromatic rings.